The highest BCUT2D eigenvalue weighted by molar-refractivity contribution is 5.71. The maximum absolute atomic E-state index is 12.9. The van der Waals surface area contributed by atoms with Crippen LogP contribution in [0.25, 0.3) is 0 Å². The minimum Gasteiger partial charge on any atom is -0.462 e. The van der Waals surface area contributed by atoms with Crippen LogP contribution in [0, 0.1) is 0 Å². The molecule has 0 heterocycles. The van der Waals surface area contributed by atoms with Gasteiger partial charge in [-0.25, -0.2) is 0 Å². The van der Waals surface area contributed by atoms with Crippen LogP contribution in [-0.4, -0.2) is 37.2 Å². The van der Waals surface area contributed by atoms with Gasteiger partial charge in [0.25, 0.3) is 0 Å². The number of allylic oxidation sites excluding steroid dienone is 2. The van der Waals surface area contributed by atoms with Crippen LogP contribution in [0.2, 0.25) is 0 Å². The predicted molar refractivity (Wildman–Crippen MR) is 330 cm³/mol. The molecule has 0 fully saturated rings. The van der Waals surface area contributed by atoms with E-state index in [0.717, 1.165) is 57.8 Å². The van der Waals surface area contributed by atoms with E-state index in [1.165, 1.54) is 302 Å². The Balaban J connectivity index is 3.97. The van der Waals surface area contributed by atoms with E-state index in [1.54, 1.807) is 0 Å². The van der Waals surface area contributed by atoms with E-state index in [-0.39, 0.29) is 31.1 Å². The van der Waals surface area contributed by atoms with Crippen molar-refractivity contribution in [2.45, 2.75) is 406 Å². The molecule has 0 spiro atoms. The lowest BCUT2D eigenvalue weighted by molar-refractivity contribution is -0.167. The first kappa shape index (κ1) is 74.2. The van der Waals surface area contributed by atoms with Gasteiger partial charge in [0.15, 0.2) is 6.10 Å². The molecular weight excluding hydrogens is 937 g/mol. The Morgan fingerprint density at radius 2 is 0.434 bits per heavy atom. The summed E-state index contributed by atoms with van der Waals surface area (Å²) in [5, 5.41) is 0. The van der Waals surface area contributed by atoms with Crippen molar-refractivity contribution in [2.24, 2.45) is 0 Å². The molecule has 76 heavy (non-hydrogen) atoms. The third kappa shape index (κ3) is 63.0. The summed E-state index contributed by atoms with van der Waals surface area (Å²) in [6.45, 7) is 6.68. The average molecular weight is 1070 g/mol. The molecule has 0 aromatic rings. The quantitative estimate of drug-likeness (QED) is 0.0261. The van der Waals surface area contributed by atoms with E-state index >= 15 is 0 Å². The summed E-state index contributed by atoms with van der Waals surface area (Å²) < 4.78 is 16.9. The van der Waals surface area contributed by atoms with E-state index in [4.69, 9.17) is 14.2 Å². The Morgan fingerprint density at radius 1 is 0.250 bits per heavy atom. The molecule has 0 N–H and O–H groups in total. The second kappa shape index (κ2) is 65.7. The first-order chi connectivity index (χ1) is 37.5. The number of carbonyl (C=O) groups excluding carboxylic acids is 3. The Labute approximate surface area is 475 Å². The highest BCUT2D eigenvalue weighted by Crippen LogP contribution is 2.19. The van der Waals surface area contributed by atoms with Gasteiger partial charge < -0.3 is 14.2 Å². The zero-order valence-electron chi connectivity index (χ0n) is 51.8. The predicted octanol–water partition coefficient (Wildman–Crippen LogP) is 23.6. The van der Waals surface area contributed by atoms with Crippen molar-refractivity contribution in [3.63, 3.8) is 0 Å². The first-order valence-electron chi connectivity index (χ1n) is 34.7. The van der Waals surface area contributed by atoms with Crippen LogP contribution in [0.4, 0.5) is 0 Å². The summed E-state index contributed by atoms with van der Waals surface area (Å²) in [5.41, 5.74) is 0. The molecule has 0 aromatic carbocycles. The Morgan fingerprint density at radius 3 is 0.658 bits per heavy atom. The normalized spacial score (nSPS) is 12.0. The van der Waals surface area contributed by atoms with E-state index in [0.29, 0.717) is 19.3 Å². The van der Waals surface area contributed by atoms with Gasteiger partial charge in [-0.05, 0) is 44.9 Å². The van der Waals surface area contributed by atoms with E-state index in [9.17, 15) is 14.4 Å². The lowest BCUT2D eigenvalue weighted by Gasteiger charge is -2.18. The van der Waals surface area contributed by atoms with Gasteiger partial charge in [0.1, 0.15) is 13.2 Å². The molecule has 0 aliphatic heterocycles. The number of esters is 3. The highest BCUT2D eigenvalue weighted by atomic mass is 16.6. The molecule has 0 aliphatic rings. The van der Waals surface area contributed by atoms with Crippen LogP contribution in [0.5, 0.6) is 0 Å². The third-order valence-corrected chi connectivity index (χ3v) is 16.0. The second-order valence-electron chi connectivity index (χ2n) is 23.8. The summed E-state index contributed by atoms with van der Waals surface area (Å²) >= 11 is 0. The molecule has 1 unspecified atom stereocenters. The summed E-state index contributed by atoms with van der Waals surface area (Å²) in [7, 11) is 0. The van der Waals surface area contributed by atoms with Crippen molar-refractivity contribution < 1.29 is 28.6 Å². The van der Waals surface area contributed by atoms with Crippen LogP contribution in [-0.2, 0) is 28.6 Å². The minimum atomic E-state index is -0.763. The number of ether oxygens (including phenoxy) is 3. The number of carbonyl (C=O) groups is 3. The maximum atomic E-state index is 12.9. The van der Waals surface area contributed by atoms with Crippen LogP contribution in [0.3, 0.4) is 0 Å². The van der Waals surface area contributed by atoms with Crippen molar-refractivity contribution in [1.29, 1.82) is 0 Å². The standard InChI is InChI=1S/C70H134O6/c1-4-7-10-13-16-18-20-22-24-26-28-30-31-32-33-34-35-36-37-38-39-40-42-43-45-47-49-51-54-57-60-63-69(72)75-66-67(65-74-68(71)62-59-56-53-15-12-9-6-3)76-70(73)64-61-58-55-52-50-48-46-44-41-29-27-25-23-21-19-17-14-11-8-5-2/h26,28,67H,4-25,27,29-66H2,1-3H3/b28-26-. The van der Waals surface area contributed by atoms with Gasteiger partial charge in [-0.3, -0.25) is 14.4 Å². The van der Waals surface area contributed by atoms with Crippen LogP contribution in [0.1, 0.15) is 400 Å². The molecule has 0 rings (SSSR count). The molecule has 450 valence electrons. The number of hydrogen-bond acceptors (Lipinski definition) is 6. The van der Waals surface area contributed by atoms with Crippen LogP contribution < -0.4 is 0 Å². The minimum absolute atomic E-state index is 0.0629. The van der Waals surface area contributed by atoms with E-state index in [2.05, 4.69) is 32.9 Å². The van der Waals surface area contributed by atoms with E-state index < -0.39 is 6.10 Å². The number of hydrogen-bond donors (Lipinski definition) is 0. The number of unbranched alkanes of at least 4 members (excludes halogenated alkanes) is 52. The lowest BCUT2D eigenvalue weighted by Crippen LogP contribution is -2.30. The van der Waals surface area contributed by atoms with Gasteiger partial charge in [-0.15, -0.1) is 0 Å². The van der Waals surface area contributed by atoms with Crippen molar-refractivity contribution in [1.82, 2.24) is 0 Å². The first-order valence-corrected chi connectivity index (χ1v) is 34.7. The fourth-order valence-corrected chi connectivity index (χ4v) is 10.8. The van der Waals surface area contributed by atoms with Crippen molar-refractivity contribution in [3.05, 3.63) is 12.2 Å². The molecule has 0 saturated heterocycles. The van der Waals surface area contributed by atoms with Gasteiger partial charge in [0, 0.05) is 19.3 Å². The van der Waals surface area contributed by atoms with Crippen molar-refractivity contribution in [2.75, 3.05) is 13.2 Å². The summed E-state index contributed by atoms with van der Waals surface area (Å²) in [5.74, 6) is -0.838. The monoisotopic (exact) mass is 1070 g/mol. The second-order valence-corrected chi connectivity index (χ2v) is 23.8. The fourth-order valence-electron chi connectivity index (χ4n) is 10.8. The van der Waals surface area contributed by atoms with E-state index in [1.807, 2.05) is 0 Å². The molecule has 0 saturated carbocycles. The Hall–Kier alpha value is -1.85. The molecule has 6 heteroatoms. The molecule has 1 atom stereocenters. The SMILES string of the molecule is CCCCCCCCCC/C=C\CCCCCCCCCCCCCCCCCCCCCC(=O)OCC(COC(=O)CCCCCCCCC)OC(=O)CCCCCCCCCCCCCCCCCCCCCC. The molecule has 0 bridgehead atoms. The molecule has 0 aliphatic carbocycles. The Bertz CT molecular complexity index is 1180. The molecular formula is C70H134O6. The van der Waals surface area contributed by atoms with Gasteiger partial charge in [-0.1, -0.05) is 348 Å². The van der Waals surface area contributed by atoms with Gasteiger partial charge in [0.05, 0.1) is 0 Å². The topological polar surface area (TPSA) is 78.9 Å². The number of rotatable bonds is 65. The average Bonchev–Trinajstić information content (AvgIpc) is 3.42. The smallest absolute Gasteiger partial charge is 0.306 e. The molecule has 0 radical (unpaired) electrons. The van der Waals surface area contributed by atoms with Crippen LogP contribution in [0.15, 0.2) is 12.2 Å². The third-order valence-electron chi connectivity index (χ3n) is 16.0. The highest BCUT2D eigenvalue weighted by Gasteiger charge is 2.19. The summed E-state index contributed by atoms with van der Waals surface area (Å²) in [6.07, 6.45) is 78.5. The van der Waals surface area contributed by atoms with Crippen LogP contribution >= 0.6 is 0 Å². The van der Waals surface area contributed by atoms with Gasteiger partial charge >= 0.3 is 17.9 Å². The fraction of sp³-hybridized carbons (Fsp3) is 0.929. The maximum Gasteiger partial charge on any atom is 0.306 e. The van der Waals surface area contributed by atoms with Crippen molar-refractivity contribution >= 4 is 17.9 Å². The van der Waals surface area contributed by atoms with Gasteiger partial charge in [-0.2, -0.15) is 0 Å². The zero-order chi connectivity index (χ0) is 55.0. The lowest BCUT2D eigenvalue weighted by atomic mass is 10.0. The van der Waals surface area contributed by atoms with Gasteiger partial charge in [0.2, 0.25) is 0 Å². The molecule has 0 amide bonds. The van der Waals surface area contributed by atoms with Crippen molar-refractivity contribution in [3.8, 4) is 0 Å². The summed E-state index contributed by atoms with van der Waals surface area (Å²) in [4.78, 5) is 38.1. The Kier molecular flexibility index (Phi) is 64.1. The molecule has 6 nitrogen and oxygen atoms in total. The largest absolute Gasteiger partial charge is 0.462 e. The molecule has 0 aromatic heterocycles. The zero-order valence-corrected chi connectivity index (χ0v) is 51.8. The summed E-state index contributed by atoms with van der Waals surface area (Å²) in [6, 6.07) is 0.